The lowest BCUT2D eigenvalue weighted by Crippen LogP contribution is -2.39. The standard InChI is InChI=1S/C28H43N3O5S/c1-6-12-29-23(18(3)4)16-25(36-13-7-2)27-31-24(17-37-27)26(33)30-21(14-19(5)28(34)35)15-20-8-10-22(32)11-9-20/h8-11,17-19,21,23,25,29,32H,6-7,12-16H2,1-5H3,(H,30,33)(H,34,35)/t19-,21+,23+,25+/m0/s1. The summed E-state index contributed by atoms with van der Waals surface area (Å²) in [6.07, 6.45) is 3.23. The molecule has 2 aromatic rings. The normalized spacial score (nSPS) is 14.8. The second-order valence-electron chi connectivity index (χ2n) is 9.99. The number of hydrogen-bond acceptors (Lipinski definition) is 7. The van der Waals surface area contributed by atoms with Crippen LogP contribution in [0.1, 0.15) is 87.5 Å². The Labute approximate surface area is 224 Å². The topological polar surface area (TPSA) is 121 Å². The van der Waals surface area contributed by atoms with Crippen molar-refractivity contribution in [1.29, 1.82) is 0 Å². The molecule has 1 aromatic heterocycles. The van der Waals surface area contributed by atoms with Crippen molar-refractivity contribution in [1.82, 2.24) is 15.6 Å². The number of amides is 1. The van der Waals surface area contributed by atoms with Crippen molar-refractivity contribution in [2.24, 2.45) is 11.8 Å². The lowest BCUT2D eigenvalue weighted by atomic mass is 9.96. The van der Waals surface area contributed by atoms with Crippen molar-refractivity contribution < 1.29 is 24.5 Å². The Morgan fingerprint density at radius 2 is 1.78 bits per heavy atom. The lowest BCUT2D eigenvalue weighted by Gasteiger charge is -2.26. The number of aromatic nitrogens is 1. The van der Waals surface area contributed by atoms with Gasteiger partial charge in [0.05, 0.1) is 5.92 Å². The molecule has 37 heavy (non-hydrogen) atoms. The number of carbonyl (C=O) groups excluding carboxylic acids is 1. The molecule has 0 aliphatic carbocycles. The zero-order chi connectivity index (χ0) is 27.4. The van der Waals surface area contributed by atoms with Gasteiger partial charge in [-0.3, -0.25) is 9.59 Å². The Morgan fingerprint density at radius 1 is 1.08 bits per heavy atom. The summed E-state index contributed by atoms with van der Waals surface area (Å²) in [7, 11) is 0. The molecule has 0 saturated heterocycles. The minimum Gasteiger partial charge on any atom is -0.508 e. The number of benzene rings is 1. The Bertz CT molecular complexity index is 963. The van der Waals surface area contributed by atoms with Gasteiger partial charge in [0, 0.05) is 24.1 Å². The van der Waals surface area contributed by atoms with Gasteiger partial charge in [0.2, 0.25) is 0 Å². The second kappa shape index (κ2) is 15.7. The van der Waals surface area contributed by atoms with Crippen molar-refractivity contribution in [3.8, 4) is 5.75 Å². The number of hydrogen-bond donors (Lipinski definition) is 4. The third-order valence-electron chi connectivity index (χ3n) is 6.30. The summed E-state index contributed by atoms with van der Waals surface area (Å²) in [5.41, 5.74) is 1.21. The SMILES string of the molecule is CCCN[C@H](C[C@@H](OCCC)c1nc(C(=O)N[C@@H](Cc2ccc(O)cc2)C[C@H](C)C(=O)O)cs1)C(C)C. The van der Waals surface area contributed by atoms with Crippen LogP contribution in [0.25, 0.3) is 0 Å². The van der Waals surface area contributed by atoms with Crippen LogP contribution in [0, 0.1) is 11.8 Å². The highest BCUT2D eigenvalue weighted by Crippen LogP contribution is 2.28. The molecule has 0 saturated carbocycles. The van der Waals surface area contributed by atoms with Crippen molar-refractivity contribution >= 4 is 23.2 Å². The molecule has 0 bridgehead atoms. The number of rotatable bonds is 17. The predicted octanol–water partition coefficient (Wildman–Crippen LogP) is 5.18. The van der Waals surface area contributed by atoms with Crippen LogP contribution in [0.2, 0.25) is 0 Å². The minimum absolute atomic E-state index is 0.155. The highest BCUT2D eigenvalue weighted by atomic mass is 32.1. The van der Waals surface area contributed by atoms with Crippen LogP contribution in [-0.2, 0) is 16.0 Å². The van der Waals surface area contributed by atoms with Crippen LogP contribution in [0.4, 0.5) is 0 Å². The summed E-state index contributed by atoms with van der Waals surface area (Å²) in [5.74, 6) is -1.28. The van der Waals surface area contributed by atoms with E-state index in [1.165, 1.54) is 11.3 Å². The first kappa shape index (κ1) is 30.7. The molecule has 0 aliphatic rings. The van der Waals surface area contributed by atoms with E-state index in [0.717, 1.165) is 36.4 Å². The first-order valence-electron chi connectivity index (χ1n) is 13.3. The fourth-order valence-corrected chi connectivity index (χ4v) is 4.95. The number of carboxylic acid groups (broad SMARTS) is 1. The van der Waals surface area contributed by atoms with Crippen LogP contribution < -0.4 is 10.6 Å². The van der Waals surface area contributed by atoms with Gasteiger partial charge < -0.3 is 25.6 Å². The third kappa shape index (κ3) is 10.4. The molecule has 8 nitrogen and oxygen atoms in total. The van der Waals surface area contributed by atoms with E-state index in [1.54, 1.807) is 36.6 Å². The predicted molar refractivity (Wildman–Crippen MR) is 147 cm³/mol. The molecular weight excluding hydrogens is 490 g/mol. The molecule has 2 rings (SSSR count). The summed E-state index contributed by atoms with van der Waals surface area (Å²) in [6, 6.07) is 6.58. The quantitative estimate of drug-likeness (QED) is 0.221. The number of nitrogens with one attached hydrogen (secondary N) is 2. The highest BCUT2D eigenvalue weighted by molar-refractivity contribution is 7.09. The van der Waals surface area contributed by atoms with E-state index < -0.39 is 17.9 Å². The van der Waals surface area contributed by atoms with Crippen molar-refractivity contribution in [3.05, 3.63) is 45.9 Å². The summed E-state index contributed by atoms with van der Waals surface area (Å²) in [4.78, 5) is 29.3. The van der Waals surface area contributed by atoms with Gasteiger partial charge in [-0.1, -0.05) is 46.8 Å². The largest absolute Gasteiger partial charge is 0.508 e. The summed E-state index contributed by atoms with van der Waals surface area (Å²) in [5, 5.41) is 28.1. The van der Waals surface area contributed by atoms with Gasteiger partial charge in [-0.25, -0.2) is 4.98 Å². The molecule has 4 atom stereocenters. The number of carbonyl (C=O) groups is 2. The maximum absolute atomic E-state index is 13.2. The molecule has 4 N–H and O–H groups in total. The van der Waals surface area contributed by atoms with E-state index in [9.17, 15) is 19.8 Å². The van der Waals surface area contributed by atoms with Crippen LogP contribution in [0.3, 0.4) is 0 Å². The van der Waals surface area contributed by atoms with Gasteiger partial charge in [-0.05, 0) is 62.3 Å². The van der Waals surface area contributed by atoms with Crippen molar-refractivity contribution in [3.63, 3.8) is 0 Å². The lowest BCUT2D eigenvalue weighted by molar-refractivity contribution is -0.141. The van der Waals surface area contributed by atoms with Crippen LogP contribution in [-0.4, -0.2) is 52.3 Å². The smallest absolute Gasteiger partial charge is 0.306 e. The Morgan fingerprint density at radius 3 is 2.38 bits per heavy atom. The summed E-state index contributed by atoms with van der Waals surface area (Å²) >= 11 is 1.42. The molecular formula is C28H43N3O5S. The molecule has 9 heteroatoms. The number of aliphatic carboxylic acids is 1. The second-order valence-corrected chi connectivity index (χ2v) is 10.9. The molecule has 0 radical (unpaired) electrons. The van der Waals surface area contributed by atoms with Gasteiger partial charge >= 0.3 is 5.97 Å². The van der Waals surface area contributed by atoms with Crippen LogP contribution in [0.5, 0.6) is 5.75 Å². The van der Waals surface area contributed by atoms with Gasteiger partial charge in [-0.15, -0.1) is 11.3 Å². The van der Waals surface area contributed by atoms with E-state index in [-0.39, 0.29) is 30.2 Å². The van der Waals surface area contributed by atoms with Crippen molar-refractivity contribution in [2.45, 2.75) is 84.9 Å². The number of ether oxygens (including phenoxy) is 1. The zero-order valence-electron chi connectivity index (χ0n) is 22.7. The van der Waals surface area contributed by atoms with Crippen molar-refractivity contribution in [2.75, 3.05) is 13.2 Å². The number of thiazole rings is 1. The average molecular weight is 534 g/mol. The molecule has 1 heterocycles. The number of carboxylic acids is 1. The fraction of sp³-hybridized carbons (Fsp3) is 0.607. The first-order valence-corrected chi connectivity index (χ1v) is 14.1. The molecule has 0 spiro atoms. The monoisotopic (exact) mass is 533 g/mol. The fourth-order valence-electron chi connectivity index (χ4n) is 4.09. The summed E-state index contributed by atoms with van der Waals surface area (Å²) in [6.45, 7) is 11.8. The Balaban J connectivity index is 2.17. The number of aromatic hydroxyl groups is 1. The van der Waals surface area contributed by atoms with E-state index >= 15 is 0 Å². The molecule has 0 aliphatic heterocycles. The molecule has 1 amide bonds. The number of phenolic OH excluding ortho intramolecular Hbond substituents is 1. The van der Waals surface area contributed by atoms with Crippen LogP contribution >= 0.6 is 11.3 Å². The zero-order valence-corrected chi connectivity index (χ0v) is 23.5. The number of phenols is 1. The maximum Gasteiger partial charge on any atom is 0.306 e. The van der Waals surface area contributed by atoms with Crippen LogP contribution in [0.15, 0.2) is 29.6 Å². The average Bonchev–Trinajstić information content (AvgIpc) is 3.35. The van der Waals surface area contributed by atoms with E-state index in [0.29, 0.717) is 24.6 Å². The highest BCUT2D eigenvalue weighted by Gasteiger charge is 2.26. The van der Waals surface area contributed by atoms with Gasteiger partial charge in [0.25, 0.3) is 5.91 Å². The summed E-state index contributed by atoms with van der Waals surface area (Å²) < 4.78 is 6.17. The Kier molecular flexibility index (Phi) is 13.0. The van der Waals surface area contributed by atoms with E-state index in [2.05, 4.69) is 43.3 Å². The van der Waals surface area contributed by atoms with Gasteiger partial charge in [-0.2, -0.15) is 0 Å². The van der Waals surface area contributed by atoms with E-state index in [4.69, 9.17) is 4.74 Å². The maximum atomic E-state index is 13.2. The first-order chi connectivity index (χ1) is 17.6. The molecule has 206 valence electrons. The third-order valence-corrected chi connectivity index (χ3v) is 7.23. The molecule has 1 aromatic carbocycles. The number of nitrogens with zero attached hydrogens (tertiary/aromatic N) is 1. The minimum atomic E-state index is -0.909. The Hall–Kier alpha value is -2.49. The van der Waals surface area contributed by atoms with Gasteiger partial charge in [0.1, 0.15) is 22.6 Å². The van der Waals surface area contributed by atoms with Gasteiger partial charge in [0.15, 0.2) is 0 Å². The molecule has 0 unspecified atom stereocenters. The van der Waals surface area contributed by atoms with E-state index in [1.807, 2.05) is 0 Å². The molecule has 0 fully saturated rings.